The van der Waals surface area contributed by atoms with Crippen LogP contribution in [0.3, 0.4) is 0 Å². The number of phosphoric ester groups is 1. The second-order valence-corrected chi connectivity index (χ2v) is 9.82. The average molecular weight is 550 g/mol. The number of hydrogen-bond acceptors (Lipinski definition) is 8. The van der Waals surface area contributed by atoms with Crippen molar-refractivity contribution in [2.24, 2.45) is 0 Å². The normalized spacial score (nSPS) is 12.9. The molecular weight excluding hydrogens is 526 g/mol. The number of aromatic nitrogens is 3. The third-order valence-corrected chi connectivity index (χ3v) is 6.63. The van der Waals surface area contributed by atoms with Gasteiger partial charge in [0.25, 0.3) is 5.82 Å². The van der Waals surface area contributed by atoms with Gasteiger partial charge in [-0.15, -0.1) is 0 Å². The van der Waals surface area contributed by atoms with Crippen LogP contribution >= 0.6 is 19.4 Å². The number of pyridine rings is 2. The molecule has 4 aromatic rings. The molecule has 0 aliphatic rings. The Hall–Kier alpha value is -3.34. The van der Waals surface area contributed by atoms with Crippen molar-refractivity contribution in [1.82, 2.24) is 10.1 Å². The summed E-state index contributed by atoms with van der Waals surface area (Å²) in [4.78, 5) is 13.7. The summed E-state index contributed by atoms with van der Waals surface area (Å²) < 4.78 is 47.2. The number of hydrogen-bond donors (Lipinski definition) is 2. The first-order valence-corrected chi connectivity index (χ1v) is 12.9. The lowest BCUT2D eigenvalue weighted by Gasteiger charge is -2.09. The molecule has 0 radical (unpaired) electrons. The molecule has 10 nitrogen and oxygen atoms in total. The average Bonchev–Trinajstić information content (AvgIpc) is 3.34. The van der Waals surface area contributed by atoms with Crippen molar-refractivity contribution in [3.8, 4) is 17.2 Å². The van der Waals surface area contributed by atoms with Gasteiger partial charge in [-0.3, -0.25) is 10.3 Å². The fraction of sp³-hybridized carbons (Fsp3) is 0.208. The third-order valence-electron chi connectivity index (χ3n) is 5.38. The highest BCUT2D eigenvalue weighted by Gasteiger charge is 2.22. The van der Waals surface area contributed by atoms with E-state index in [2.05, 4.69) is 14.7 Å². The molecule has 1 atom stereocenters. The van der Waals surface area contributed by atoms with Crippen LogP contribution in [0.25, 0.3) is 11.3 Å². The maximum absolute atomic E-state index is 13.9. The van der Waals surface area contributed by atoms with Gasteiger partial charge in [-0.25, -0.2) is 23.0 Å². The van der Waals surface area contributed by atoms with Crippen LogP contribution in [0, 0.1) is 5.82 Å². The number of nitrogens with zero attached hydrogens (tertiary/aromatic N) is 3. The minimum absolute atomic E-state index is 0.227. The molecule has 0 fully saturated rings. The van der Waals surface area contributed by atoms with Crippen LogP contribution in [-0.4, -0.2) is 28.8 Å². The van der Waals surface area contributed by atoms with Gasteiger partial charge in [0.1, 0.15) is 11.4 Å². The second-order valence-electron chi connectivity index (χ2n) is 7.85. The monoisotopic (exact) mass is 549 g/mol. The summed E-state index contributed by atoms with van der Waals surface area (Å²) in [6, 6.07) is 13.3. The molecule has 4 rings (SSSR count). The van der Waals surface area contributed by atoms with E-state index < -0.39 is 7.82 Å². The maximum atomic E-state index is 13.9. The van der Waals surface area contributed by atoms with E-state index >= 15 is 0 Å². The van der Waals surface area contributed by atoms with Crippen LogP contribution in [-0.2, 0) is 33.2 Å². The van der Waals surface area contributed by atoms with Gasteiger partial charge in [0.15, 0.2) is 5.76 Å². The molecule has 1 aromatic carbocycles. The van der Waals surface area contributed by atoms with Crippen molar-refractivity contribution in [2.45, 2.75) is 19.6 Å². The predicted molar refractivity (Wildman–Crippen MR) is 132 cm³/mol. The highest BCUT2D eigenvalue weighted by molar-refractivity contribution is 7.47. The van der Waals surface area contributed by atoms with Gasteiger partial charge in [-0.2, -0.15) is 0 Å². The number of nitrogens with two attached hydrogens (primary N) is 1. The molecule has 0 spiro atoms. The van der Waals surface area contributed by atoms with Crippen LogP contribution in [0.15, 0.2) is 65.4 Å². The highest BCUT2D eigenvalue weighted by atomic mass is 35.5. The first-order valence-electron chi connectivity index (χ1n) is 11.0. The van der Waals surface area contributed by atoms with Crippen molar-refractivity contribution in [1.29, 1.82) is 0 Å². The number of benzene rings is 1. The number of phosphoric acid groups is 1. The molecule has 37 heavy (non-hydrogen) atoms. The molecule has 0 aliphatic carbocycles. The lowest BCUT2D eigenvalue weighted by Crippen LogP contribution is -2.38. The smallest absolute Gasteiger partial charge is 0.475 e. The lowest BCUT2D eigenvalue weighted by atomic mass is 10.1. The fourth-order valence-electron chi connectivity index (χ4n) is 3.43. The van der Waals surface area contributed by atoms with Crippen LogP contribution in [0.5, 0.6) is 5.88 Å². The van der Waals surface area contributed by atoms with Gasteiger partial charge in [0, 0.05) is 48.9 Å². The first kappa shape index (κ1) is 26.7. The third kappa shape index (κ3) is 6.91. The van der Waals surface area contributed by atoms with Gasteiger partial charge < -0.3 is 14.2 Å². The molecule has 194 valence electrons. The van der Waals surface area contributed by atoms with Crippen LogP contribution in [0.4, 0.5) is 10.2 Å². The van der Waals surface area contributed by atoms with E-state index in [4.69, 9.17) is 31.1 Å². The SMILES string of the molecule is COP(=O)(O)OC[n+]1cccc(-c2cc(Cc3ccc(OCCc4c(F)cccc4Cl)nc3)no2)c1N. The topological polar surface area (TPSA) is 134 Å². The van der Waals surface area contributed by atoms with Crippen molar-refractivity contribution in [3.05, 3.63) is 88.6 Å². The molecule has 0 amide bonds. The molecule has 0 aliphatic heterocycles. The maximum Gasteiger partial charge on any atom is 0.475 e. The molecule has 0 saturated heterocycles. The van der Waals surface area contributed by atoms with E-state index in [-0.39, 0.29) is 25.0 Å². The summed E-state index contributed by atoms with van der Waals surface area (Å²) >= 11 is 6.04. The van der Waals surface area contributed by atoms with Crippen LogP contribution < -0.4 is 15.0 Å². The summed E-state index contributed by atoms with van der Waals surface area (Å²) in [5, 5.41) is 4.46. The number of anilines is 1. The summed E-state index contributed by atoms with van der Waals surface area (Å²) in [6.45, 7) is -0.0692. The van der Waals surface area contributed by atoms with Crippen molar-refractivity contribution < 1.29 is 36.7 Å². The summed E-state index contributed by atoms with van der Waals surface area (Å²) in [5.74, 6) is 0.706. The largest absolute Gasteiger partial charge is 0.477 e. The molecule has 3 heterocycles. The zero-order chi connectivity index (χ0) is 26.4. The Kier molecular flexibility index (Phi) is 8.52. The summed E-state index contributed by atoms with van der Waals surface area (Å²) in [6.07, 6.45) is 4.01. The van der Waals surface area contributed by atoms with E-state index in [9.17, 15) is 13.8 Å². The molecule has 13 heteroatoms. The Balaban J connectivity index is 1.36. The number of rotatable bonds is 11. The van der Waals surface area contributed by atoms with Gasteiger partial charge in [0.05, 0.1) is 18.5 Å². The Bertz CT molecular complexity index is 1400. The van der Waals surface area contributed by atoms with E-state index in [1.807, 2.05) is 6.07 Å². The molecule has 0 saturated carbocycles. The van der Waals surface area contributed by atoms with Gasteiger partial charge in [-0.1, -0.05) is 28.9 Å². The zero-order valence-electron chi connectivity index (χ0n) is 19.7. The van der Waals surface area contributed by atoms with E-state index in [1.54, 1.807) is 48.8 Å². The van der Waals surface area contributed by atoms with Gasteiger partial charge >= 0.3 is 7.82 Å². The molecule has 3 aromatic heterocycles. The molecular formula is C24H24ClFN4O6P+. The van der Waals surface area contributed by atoms with Crippen LogP contribution in [0.2, 0.25) is 5.02 Å². The quantitative estimate of drug-likeness (QED) is 0.207. The minimum atomic E-state index is -4.16. The van der Waals surface area contributed by atoms with Crippen molar-refractivity contribution in [3.63, 3.8) is 0 Å². The van der Waals surface area contributed by atoms with Crippen molar-refractivity contribution >= 4 is 25.2 Å². The fourth-order valence-corrected chi connectivity index (χ4v) is 4.07. The Morgan fingerprint density at radius 2 is 2.08 bits per heavy atom. The van der Waals surface area contributed by atoms with Crippen LogP contribution in [0.1, 0.15) is 16.8 Å². The Morgan fingerprint density at radius 3 is 2.81 bits per heavy atom. The predicted octanol–water partition coefficient (Wildman–Crippen LogP) is 4.33. The Labute approximate surface area is 217 Å². The minimum Gasteiger partial charge on any atom is -0.477 e. The number of halogens is 2. The lowest BCUT2D eigenvalue weighted by molar-refractivity contribution is -0.711. The first-order chi connectivity index (χ1) is 17.8. The van der Waals surface area contributed by atoms with E-state index in [0.29, 0.717) is 46.3 Å². The van der Waals surface area contributed by atoms with E-state index in [1.165, 1.54) is 10.6 Å². The van der Waals surface area contributed by atoms with Gasteiger partial charge in [-0.05, 0) is 29.8 Å². The zero-order valence-corrected chi connectivity index (χ0v) is 21.4. The standard InChI is InChI=1S/C24H23ClFN4O6P/c1-33-37(31,32)35-15-30-10-3-4-19(24(30)27)22-13-17(29-36-22)12-16-7-8-23(28-14-16)34-11-9-18-20(25)5-2-6-21(18)26/h2-8,10,13-14,27H,9,11-12,15H2,1H3,(H,31,32)/p+1. The highest BCUT2D eigenvalue weighted by Crippen LogP contribution is 2.41. The molecule has 0 bridgehead atoms. The molecule has 3 N–H and O–H groups in total. The summed E-state index contributed by atoms with van der Waals surface area (Å²) in [5.41, 5.74) is 8.64. The number of nitrogen functional groups attached to an aromatic ring is 1. The molecule has 1 unspecified atom stereocenters. The van der Waals surface area contributed by atoms with E-state index in [0.717, 1.165) is 12.7 Å². The second kappa shape index (κ2) is 11.8. The Morgan fingerprint density at radius 1 is 1.24 bits per heavy atom. The number of ether oxygens (including phenoxy) is 1. The van der Waals surface area contributed by atoms with Gasteiger partial charge in [0.2, 0.25) is 12.6 Å². The summed E-state index contributed by atoms with van der Waals surface area (Å²) in [7, 11) is -3.08. The van der Waals surface area contributed by atoms with Crippen molar-refractivity contribution in [2.75, 3.05) is 19.5 Å².